The first-order valence-electron chi connectivity index (χ1n) is 7.58. The standard InChI is InChI=1S/C15H16N6O2/c22-14(9-3-4-11-12(6-9)18-15(23)17-11)21-5-1-2-10(8-21)13-7-16-20-19-13/h3-4,6-7,10H,1-2,5,8H2,(H,16,19,20)(H2,17,18,23). The Kier molecular flexibility index (Phi) is 3.22. The van der Waals surface area contributed by atoms with Gasteiger partial charge < -0.3 is 14.9 Å². The minimum absolute atomic E-state index is 0.0258. The van der Waals surface area contributed by atoms with Gasteiger partial charge in [-0.2, -0.15) is 15.4 Å². The average Bonchev–Trinajstić information content (AvgIpc) is 3.22. The number of hydrogen-bond donors (Lipinski definition) is 3. The molecule has 1 aromatic carbocycles. The normalized spacial score (nSPS) is 18.4. The third kappa shape index (κ3) is 2.52. The third-order valence-corrected chi connectivity index (χ3v) is 4.32. The van der Waals surface area contributed by atoms with Gasteiger partial charge in [0.1, 0.15) is 0 Å². The van der Waals surface area contributed by atoms with E-state index >= 15 is 0 Å². The van der Waals surface area contributed by atoms with Gasteiger partial charge in [0.15, 0.2) is 0 Å². The molecule has 1 atom stereocenters. The number of fused-ring (bicyclic) bond motifs is 1. The van der Waals surface area contributed by atoms with Crippen molar-refractivity contribution >= 4 is 16.9 Å². The Morgan fingerprint density at radius 1 is 1.26 bits per heavy atom. The second kappa shape index (κ2) is 5.38. The number of piperidine rings is 1. The molecule has 3 N–H and O–H groups in total. The van der Waals surface area contributed by atoms with Crippen molar-refractivity contribution in [2.75, 3.05) is 13.1 Å². The number of aromatic nitrogens is 5. The molecule has 0 aliphatic carbocycles. The SMILES string of the molecule is O=C(c1ccc2[nH]c(=O)[nH]c2c1)N1CCCC(c2cn[nH]n2)C1. The topological polar surface area (TPSA) is 111 Å². The number of nitrogens with one attached hydrogen (secondary N) is 3. The number of H-pyrrole nitrogens is 3. The molecule has 0 radical (unpaired) electrons. The second-order valence-electron chi connectivity index (χ2n) is 5.82. The number of aromatic amines is 3. The van der Waals surface area contributed by atoms with Crippen LogP contribution in [-0.2, 0) is 0 Å². The molecule has 1 saturated heterocycles. The van der Waals surface area contributed by atoms with Crippen LogP contribution in [-0.4, -0.2) is 49.3 Å². The first-order chi connectivity index (χ1) is 11.2. The van der Waals surface area contributed by atoms with Gasteiger partial charge in [-0.1, -0.05) is 0 Å². The summed E-state index contributed by atoms with van der Waals surface area (Å²) in [7, 11) is 0. The molecule has 1 fully saturated rings. The number of benzene rings is 1. The van der Waals surface area contributed by atoms with E-state index in [1.807, 2.05) is 4.90 Å². The van der Waals surface area contributed by atoms with E-state index in [1.165, 1.54) is 0 Å². The van der Waals surface area contributed by atoms with Gasteiger partial charge in [0.2, 0.25) is 0 Å². The first kappa shape index (κ1) is 13.7. The molecule has 2 aromatic heterocycles. The van der Waals surface area contributed by atoms with Gasteiger partial charge in [-0.25, -0.2) is 4.79 Å². The predicted octanol–water partition coefficient (Wildman–Crippen LogP) is 0.994. The minimum Gasteiger partial charge on any atom is -0.338 e. The molecule has 0 saturated carbocycles. The number of rotatable bonds is 2. The van der Waals surface area contributed by atoms with E-state index in [2.05, 4.69) is 25.4 Å². The minimum atomic E-state index is -0.270. The Hall–Kier alpha value is -2.90. The van der Waals surface area contributed by atoms with Gasteiger partial charge in [0.25, 0.3) is 5.91 Å². The van der Waals surface area contributed by atoms with Crippen LogP contribution >= 0.6 is 0 Å². The van der Waals surface area contributed by atoms with Crippen molar-refractivity contribution in [1.29, 1.82) is 0 Å². The van der Waals surface area contributed by atoms with E-state index in [0.29, 0.717) is 23.1 Å². The molecule has 118 valence electrons. The fourth-order valence-corrected chi connectivity index (χ4v) is 3.16. The maximum Gasteiger partial charge on any atom is 0.323 e. The number of carbonyl (C=O) groups is 1. The maximum atomic E-state index is 12.7. The van der Waals surface area contributed by atoms with Crippen LogP contribution in [0.5, 0.6) is 0 Å². The van der Waals surface area contributed by atoms with E-state index in [0.717, 1.165) is 25.1 Å². The fraction of sp³-hybridized carbons (Fsp3) is 0.333. The van der Waals surface area contributed by atoms with E-state index in [9.17, 15) is 9.59 Å². The summed E-state index contributed by atoms with van der Waals surface area (Å²) in [5, 5.41) is 10.6. The number of amides is 1. The van der Waals surface area contributed by atoms with Crippen molar-refractivity contribution in [1.82, 2.24) is 30.3 Å². The van der Waals surface area contributed by atoms with Crippen LogP contribution in [0.1, 0.15) is 34.8 Å². The fourth-order valence-electron chi connectivity index (χ4n) is 3.16. The molecular weight excluding hydrogens is 296 g/mol. The van der Waals surface area contributed by atoms with Crippen molar-refractivity contribution in [3.8, 4) is 0 Å². The molecular formula is C15H16N6O2. The van der Waals surface area contributed by atoms with Crippen molar-refractivity contribution in [2.45, 2.75) is 18.8 Å². The zero-order chi connectivity index (χ0) is 15.8. The monoisotopic (exact) mass is 312 g/mol. The van der Waals surface area contributed by atoms with Gasteiger partial charge in [-0.3, -0.25) is 4.79 Å². The summed E-state index contributed by atoms with van der Waals surface area (Å²) in [5.41, 5.74) is 2.55. The summed E-state index contributed by atoms with van der Waals surface area (Å²) in [6, 6.07) is 5.21. The molecule has 0 spiro atoms. The highest BCUT2D eigenvalue weighted by atomic mass is 16.2. The van der Waals surface area contributed by atoms with Crippen LogP contribution in [0.2, 0.25) is 0 Å². The van der Waals surface area contributed by atoms with E-state index in [4.69, 9.17) is 0 Å². The largest absolute Gasteiger partial charge is 0.338 e. The second-order valence-corrected chi connectivity index (χ2v) is 5.82. The summed E-state index contributed by atoms with van der Waals surface area (Å²) in [5.74, 6) is 0.185. The molecule has 1 aliphatic rings. The molecule has 1 aliphatic heterocycles. The highest BCUT2D eigenvalue weighted by molar-refractivity contribution is 5.97. The lowest BCUT2D eigenvalue weighted by molar-refractivity contribution is 0.0706. The van der Waals surface area contributed by atoms with Gasteiger partial charge in [-0.15, -0.1) is 0 Å². The number of hydrogen-bond acceptors (Lipinski definition) is 4. The van der Waals surface area contributed by atoms with Crippen molar-refractivity contribution < 1.29 is 4.79 Å². The highest BCUT2D eigenvalue weighted by Crippen LogP contribution is 2.26. The molecule has 23 heavy (non-hydrogen) atoms. The molecule has 8 heteroatoms. The smallest absolute Gasteiger partial charge is 0.323 e. The molecule has 1 amide bonds. The number of likely N-dealkylation sites (tertiary alicyclic amines) is 1. The van der Waals surface area contributed by atoms with Crippen LogP contribution in [0, 0.1) is 0 Å². The van der Waals surface area contributed by atoms with E-state index < -0.39 is 0 Å². The number of carbonyl (C=O) groups excluding carboxylic acids is 1. The Labute approximate surface area is 130 Å². The summed E-state index contributed by atoms with van der Waals surface area (Å²) in [6.07, 6.45) is 3.65. The maximum absolute atomic E-state index is 12.7. The van der Waals surface area contributed by atoms with Crippen LogP contribution in [0.4, 0.5) is 0 Å². The molecule has 3 heterocycles. The first-order valence-corrected chi connectivity index (χ1v) is 7.58. The van der Waals surface area contributed by atoms with E-state index in [1.54, 1.807) is 24.4 Å². The van der Waals surface area contributed by atoms with Gasteiger partial charge in [0, 0.05) is 24.6 Å². The zero-order valence-electron chi connectivity index (χ0n) is 12.4. The van der Waals surface area contributed by atoms with Gasteiger partial charge >= 0.3 is 5.69 Å². The lowest BCUT2D eigenvalue weighted by Gasteiger charge is -2.31. The Morgan fingerprint density at radius 3 is 2.96 bits per heavy atom. The van der Waals surface area contributed by atoms with Crippen molar-refractivity contribution in [3.05, 3.63) is 46.1 Å². The quantitative estimate of drug-likeness (QED) is 0.655. The molecule has 8 nitrogen and oxygen atoms in total. The molecule has 1 unspecified atom stereocenters. The molecule has 4 rings (SSSR count). The van der Waals surface area contributed by atoms with Crippen molar-refractivity contribution in [2.24, 2.45) is 0 Å². The lowest BCUT2D eigenvalue weighted by atomic mass is 9.95. The Morgan fingerprint density at radius 2 is 2.13 bits per heavy atom. The summed E-state index contributed by atoms with van der Waals surface area (Å²) in [6.45, 7) is 1.36. The van der Waals surface area contributed by atoms with Crippen molar-refractivity contribution in [3.63, 3.8) is 0 Å². The van der Waals surface area contributed by atoms with Gasteiger partial charge in [0.05, 0.1) is 22.9 Å². The molecule has 0 bridgehead atoms. The van der Waals surface area contributed by atoms with E-state index in [-0.39, 0.29) is 17.5 Å². The lowest BCUT2D eigenvalue weighted by Crippen LogP contribution is -2.39. The Balaban J connectivity index is 1.58. The highest BCUT2D eigenvalue weighted by Gasteiger charge is 2.27. The summed E-state index contributed by atoms with van der Waals surface area (Å²) in [4.78, 5) is 31.3. The van der Waals surface area contributed by atoms with Crippen LogP contribution in [0.25, 0.3) is 11.0 Å². The number of imidazole rings is 1. The number of nitrogens with zero attached hydrogens (tertiary/aromatic N) is 3. The van der Waals surface area contributed by atoms with Crippen LogP contribution in [0.3, 0.4) is 0 Å². The predicted molar refractivity (Wildman–Crippen MR) is 83.2 cm³/mol. The van der Waals surface area contributed by atoms with Crippen LogP contribution in [0.15, 0.2) is 29.2 Å². The zero-order valence-corrected chi connectivity index (χ0v) is 12.4. The molecule has 3 aromatic rings. The average molecular weight is 312 g/mol. The summed E-state index contributed by atoms with van der Waals surface area (Å²) >= 11 is 0. The van der Waals surface area contributed by atoms with Crippen LogP contribution < -0.4 is 5.69 Å². The third-order valence-electron chi connectivity index (χ3n) is 4.32. The Bertz CT molecular complexity index is 894. The van der Waals surface area contributed by atoms with Gasteiger partial charge in [-0.05, 0) is 31.0 Å². The summed E-state index contributed by atoms with van der Waals surface area (Å²) < 4.78 is 0.